The molecular weight excluding hydrogens is 510 g/mol. The highest BCUT2D eigenvalue weighted by Gasteiger charge is 2.30. The molecule has 0 saturated carbocycles. The highest BCUT2D eigenvalue weighted by atomic mass is 32.1. The van der Waals surface area contributed by atoms with E-state index in [2.05, 4.69) is 22.4 Å². The maximum atomic E-state index is 12.9. The number of esters is 3. The monoisotopic (exact) mass is 539 g/mol. The summed E-state index contributed by atoms with van der Waals surface area (Å²) < 4.78 is 15.3. The van der Waals surface area contributed by atoms with E-state index in [-0.39, 0.29) is 47.2 Å². The summed E-state index contributed by atoms with van der Waals surface area (Å²) in [6.07, 6.45) is 0.301. The maximum Gasteiger partial charge on any atom is 0.348 e. The third kappa shape index (κ3) is 8.39. The second-order valence-electron chi connectivity index (χ2n) is 7.53. The van der Waals surface area contributed by atoms with Crippen LogP contribution < -0.4 is 4.90 Å². The zero-order chi connectivity index (χ0) is 27.9. The Morgan fingerprint density at radius 2 is 1.45 bits per heavy atom. The molecule has 0 aliphatic rings. The molecule has 0 bridgehead atoms. The van der Waals surface area contributed by atoms with Crippen LogP contribution in [0.25, 0.3) is 0 Å². The van der Waals surface area contributed by atoms with Crippen LogP contribution in [0.2, 0.25) is 0 Å². The number of nitriles is 2. The minimum Gasteiger partial charge on any atom is -0.466 e. The van der Waals surface area contributed by atoms with Crippen LogP contribution >= 0.6 is 11.3 Å². The van der Waals surface area contributed by atoms with Gasteiger partial charge in [0.2, 0.25) is 0 Å². The first-order valence-corrected chi connectivity index (χ1v) is 12.9. The Balaban J connectivity index is 2.46. The molecule has 2 rings (SSSR count). The number of rotatable bonds is 14. The minimum absolute atomic E-state index is 0.0347. The first kappa shape index (κ1) is 29.9. The van der Waals surface area contributed by atoms with Gasteiger partial charge in [-0.3, -0.25) is 4.79 Å². The van der Waals surface area contributed by atoms with Gasteiger partial charge in [0.25, 0.3) is 0 Å². The number of thiophene rings is 1. The SMILES string of the molecule is CCOC(=O)Cc1c(C(=O)OCC)sc(N=Nc2ccc(N(CCC#N)CCC#N)cc2)c1C(=O)OCC. The molecule has 1 heterocycles. The van der Waals surface area contributed by atoms with Gasteiger partial charge in [-0.1, -0.05) is 0 Å². The molecule has 200 valence electrons. The second kappa shape index (κ2) is 15.7. The summed E-state index contributed by atoms with van der Waals surface area (Å²) in [5, 5.41) is 26.3. The van der Waals surface area contributed by atoms with E-state index in [1.807, 2.05) is 4.90 Å². The van der Waals surface area contributed by atoms with Crippen molar-refractivity contribution < 1.29 is 28.6 Å². The molecule has 0 unspecified atom stereocenters. The lowest BCUT2D eigenvalue weighted by molar-refractivity contribution is -0.142. The van der Waals surface area contributed by atoms with E-state index in [1.165, 1.54) is 0 Å². The molecule has 38 heavy (non-hydrogen) atoms. The van der Waals surface area contributed by atoms with Crippen LogP contribution in [0.3, 0.4) is 0 Å². The molecule has 2 aromatic rings. The number of benzene rings is 1. The van der Waals surface area contributed by atoms with Crippen molar-refractivity contribution in [2.75, 3.05) is 37.8 Å². The Labute approximate surface area is 225 Å². The van der Waals surface area contributed by atoms with E-state index < -0.39 is 17.9 Å². The van der Waals surface area contributed by atoms with E-state index in [1.54, 1.807) is 45.0 Å². The number of anilines is 1. The van der Waals surface area contributed by atoms with Crippen molar-refractivity contribution in [3.8, 4) is 12.1 Å². The summed E-state index contributed by atoms with van der Waals surface area (Å²) in [6.45, 7) is 6.23. The van der Waals surface area contributed by atoms with Gasteiger partial charge >= 0.3 is 17.9 Å². The third-order valence-electron chi connectivity index (χ3n) is 5.01. The van der Waals surface area contributed by atoms with Crippen LogP contribution in [0.5, 0.6) is 0 Å². The van der Waals surface area contributed by atoms with Gasteiger partial charge in [0.15, 0.2) is 5.00 Å². The number of azo groups is 1. The first-order chi connectivity index (χ1) is 18.4. The third-order valence-corrected chi connectivity index (χ3v) is 6.11. The smallest absolute Gasteiger partial charge is 0.348 e. The van der Waals surface area contributed by atoms with Crippen LogP contribution in [0, 0.1) is 22.7 Å². The molecular formula is C26H29N5O6S. The van der Waals surface area contributed by atoms with Crippen molar-refractivity contribution in [2.45, 2.75) is 40.0 Å². The van der Waals surface area contributed by atoms with Crippen molar-refractivity contribution >= 4 is 45.6 Å². The fourth-order valence-electron chi connectivity index (χ4n) is 3.40. The number of nitrogens with zero attached hydrogens (tertiary/aromatic N) is 5. The molecule has 1 aromatic heterocycles. The second-order valence-corrected chi connectivity index (χ2v) is 8.53. The summed E-state index contributed by atoms with van der Waals surface area (Å²) in [5.74, 6) is -2.05. The van der Waals surface area contributed by atoms with Gasteiger partial charge in [0.05, 0.1) is 56.9 Å². The zero-order valence-electron chi connectivity index (χ0n) is 21.6. The Hall–Kier alpha value is -4.29. The summed E-state index contributed by atoms with van der Waals surface area (Å²) in [7, 11) is 0. The van der Waals surface area contributed by atoms with Crippen LogP contribution in [-0.4, -0.2) is 50.8 Å². The van der Waals surface area contributed by atoms with Crippen molar-refractivity contribution in [2.24, 2.45) is 10.2 Å². The van der Waals surface area contributed by atoms with Crippen LogP contribution in [0.4, 0.5) is 16.4 Å². The van der Waals surface area contributed by atoms with E-state index >= 15 is 0 Å². The summed E-state index contributed by atoms with van der Waals surface area (Å²) in [5.41, 5.74) is 1.37. The summed E-state index contributed by atoms with van der Waals surface area (Å²) >= 11 is 0.881. The average molecular weight is 540 g/mol. The molecule has 0 saturated heterocycles. The molecule has 0 atom stereocenters. The van der Waals surface area contributed by atoms with Crippen molar-refractivity contribution in [1.82, 2.24) is 0 Å². The quantitative estimate of drug-likeness (QED) is 0.178. The predicted molar refractivity (Wildman–Crippen MR) is 140 cm³/mol. The van der Waals surface area contributed by atoms with Gasteiger partial charge in [-0.15, -0.1) is 21.6 Å². The van der Waals surface area contributed by atoms with Gasteiger partial charge in [-0.2, -0.15) is 10.5 Å². The normalized spacial score (nSPS) is 10.4. The van der Waals surface area contributed by atoms with Crippen molar-refractivity contribution in [3.05, 3.63) is 40.3 Å². The largest absolute Gasteiger partial charge is 0.466 e. The molecule has 12 heteroatoms. The molecule has 0 spiro atoms. The number of carbonyl (C=O) groups excluding carboxylic acids is 3. The Morgan fingerprint density at radius 1 is 0.868 bits per heavy atom. The molecule has 0 fully saturated rings. The van der Waals surface area contributed by atoms with Crippen LogP contribution in [0.15, 0.2) is 34.5 Å². The highest BCUT2D eigenvalue weighted by Crippen LogP contribution is 2.38. The van der Waals surface area contributed by atoms with Crippen LogP contribution in [-0.2, 0) is 25.4 Å². The zero-order valence-corrected chi connectivity index (χ0v) is 22.4. The fraction of sp³-hybridized carbons (Fsp3) is 0.423. The Morgan fingerprint density at radius 3 is 2.00 bits per heavy atom. The molecule has 11 nitrogen and oxygen atoms in total. The van der Waals surface area contributed by atoms with Crippen LogP contribution in [0.1, 0.15) is 59.2 Å². The standard InChI is InChI=1S/C26H29N5O6S/c1-4-35-21(32)17-20-22(25(33)36-5-2)24(38-23(20)26(34)37-6-3)30-29-18-9-11-19(12-10-18)31(15-7-13-27)16-8-14-28/h9-12H,4-8,15-17H2,1-3H3. The van der Waals surface area contributed by atoms with E-state index in [0.717, 1.165) is 17.0 Å². The van der Waals surface area contributed by atoms with Crippen molar-refractivity contribution in [1.29, 1.82) is 10.5 Å². The van der Waals surface area contributed by atoms with E-state index in [9.17, 15) is 14.4 Å². The molecule has 0 radical (unpaired) electrons. The number of hydrogen-bond donors (Lipinski definition) is 0. The first-order valence-electron chi connectivity index (χ1n) is 12.1. The molecule has 0 N–H and O–H groups in total. The fourth-order valence-corrected chi connectivity index (χ4v) is 4.42. The lowest BCUT2D eigenvalue weighted by Gasteiger charge is -2.22. The predicted octanol–water partition coefficient (Wildman–Crippen LogP) is 5.26. The molecule has 0 aliphatic carbocycles. The molecule has 1 aromatic carbocycles. The Bertz CT molecular complexity index is 1210. The molecule has 0 amide bonds. The van der Waals surface area contributed by atoms with Gasteiger partial charge < -0.3 is 19.1 Å². The lowest BCUT2D eigenvalue weighted by Crippen LogP contribution is -2.25. The summed E-state index contributed by atoms with van der Waals surface area (Å²) in [4.78, 5) is 39.7. The lowest BCUT2D eigenvalue weighted by atomic mass is 10.1. The van der Waals surface area contributed by atoms with Gasteiger partial charge in [-0.25, -0.2) is 9.59 Å². The average Bonchev–Trinajstić information content (AvgIpc) is 3.26. The highest BCUT2D eigenvalue weighted by molar-refractivity contribution is 7.18. The van der Waals surface area contributed by atoms with Gasteiger partial charge in [0, 0.05) is 24.3 Å². The van der Waals surface area contributed by atoms with Crippen molar-refractivity contribution in [3.63, 3.8) is 0 Å². The number of carbonyl (C=O) groups is 3. The van der Waals surface area contributed by atoms with Gasteiger partial charge in [-0.05, 0) is 45.0 Å². The van der Waals surface area contributed by atoms with Gasteiger partial charge in [0.1, 0.15) is 10.4 Å². The number of ether oxygens (including phenoxy) is 3. The summed E-state index contributed by atoms with van der Waals surface area (Å²) in [6, 6.07) is 11.2. The van der Waals surface area contributed by atoms with E-state index in [4.69, 9.17) is 24.7 Å². The topological polar surface area (TPSA) is 154 Å². The van der Waals surface area contributed by atoms with E-state index in [0.29, 0.717) is 31.6 Å². The molecule has 0 aliphatic heterocycles. The maximum absolute atomic E-state index is 12.9. The minimum atomic E-state index is -0.742. The number of hydrogen-bond acceptors (Lipinski definition) is 12. The Kier molecular flexibility index (Phi) is 12.4.